The molecule has 1 amide bonds. The average molecular weight is 632 g/mol. The van der Waals surface area contributed by atoms with Crippen molar-refractivity contribution in [2.24, 2.45) is 0 Å². The van der Waals surface area contributed by atoms with Gasteiger partial charge in [0.2, 0.25) is 5.91 Å². The molecule has 0 saturated carbocycles. The summed E-state index contributed by atoms with van der Waals surface area (Å²) in [6.07, 6.45) is 11.8. The highest BCUT2D eigenvalue weighted by atomic mass is 16.5. The average Bonchev–Trinajstić information content (AvgIpc) is 3.05. The summed E-state index contributed by atoms with van der Waals surface area (Å²) in [5, 5.41) is 12.8. The fourth-order valence-corrected chi connectivity index (χ4v) is 4.66. The van der Waals surface area contributed by atoms with E-state index in [9.17, 15) is 14.7 Å². The van der Waals surface area contributed by atoms with Crippen LogP contribution in [0.4, 0.5) is 5.69 Å². The predicted molar refractivity (Wildman–Crippen MR) is 194 cm³/mol. The quantitative estimate of drug-likeness (QED) is 0.0622. The van der Waals surface area contributed by atoms with Crippen molar-refractivity contribution < 1.29 is 19.4 Å². The number of allylic oxidation sites excluding steroid dienone is 4. The highest BCUT2D eigenvalue weighted by Crippen LogP contribution is 2.32. The fraction of sp³-hybridized carbons (Fsp3) is 0.436. The van der Waals surface area contributed by atoms with Crippen molar-refractivity contribution in [3.8, 4) is 0 Å². The molecule has 0 radical (unpaired) electrons. The van der Waals surface area contributed by atoms with Crippen molar-refractivity contribution in [1.29, 1.82) is 0 Å². The molecule has 46 heavy (non-hydrogen) atoms. The third-order valence-electron chi connectivity index (χ3n) is 7.27. The first-order valence-corrected chi connectivity index (χ1v) is 16.5. The molecule has 2 aromatic carbocycles. The number of hydrogen-bond donors (Lipinski definition) is 2. The van der Waals surface area contributed by atoms with Crippen LogP contribution in [0.3, 0.4) is 0 Å². The van der Waals surface area contributed by atoms with Gasteiger partial charge in [0.05, 0.1) is 12.1 Å². The number of nitrogens with one attached hydrogen (secondary N) is 1. The van der Waals surface area contributed by atoms with Gasteiger partial charge in [-0.2, -0.15) is 0 Å². The molecule has 0 aliphatic carbocycles. The zero-order valence-electron chi connectivity index (χ0n) is 29.1. The summed E-state index contributed by atoms with van der Waals surface area (Å²) in [4.78, 5) is 29.1. The lowest BCUT2D eigenvalue weighted by Crippen LogP contribution is -2.41. The van der Waals surface area contributed by atoms with Crippen LogP contribution in [0.5, 0.6) is 0 Å². The summed E-state index contributed by atoms with van der Waals surface area (Å²) in [6, 6.07) is 15.1. The van der Waals surface area contributed by atoms with Crippen molar-refractivity contribution in [2.45, 2.75) is 72.8 Å². The van der Waals surface area contributed by atoms with E-state index in [1.807, 2.05) is 99.3 Å². The number of benzene rings is 2. The van der Waals surface area contributed by atoms with Crippen molar-refractivity contribution in [3.05, 3.63) is 108 Å². The van der Waals surface area contributed by atoms with E-state index in [2.05, 4.69) is 25.4 Å². The standard InChI is InChI=1S/C37H51N3O4.C2H6/c1-7-9-10-12-16-29(3)34-22-21-33(37(42)43)25-35(34)40(27-36(41)38-23-24-39(5)6)26-31(8-2)20-15-17-30(4)44-28-32-18-13-11-14-19-32;1-2/h8,11,13-15,17-19,21-22,25H,3-4,7,9-10,12,16,20,23-24,26-28H2,1-2,5-6H3,(H,38,41)(H,42,43);1-2H3/b17-15-,31-8+;. The molecule has 0 aliphatic rings. The number of rotatable bonds is 21. The highest BCUT2D eigenvalue weighted by molar-refractivity contribution is 5.92. The number of hydrogen-bond acceptors (Lipinski definition) is 5. The molecule has 2 rings (SSSR count). The largest absolute Gasteiger partial charge is 0.490 e. The number of aromatic carboxylic acids is 1. The van der Waals surface area contributed by atoms with Gasteiger partial charge in [0.1, 0.15) is 12.4 Å². The number of anilines is 1. The molecule has 252 valence electrons. The first-order valence-electron chi connectivity index (χ1n) is 16.5. The Bertz CT molecular complexity index is 1280. The van der Waals surface area contributed by atoms with Crippen LogP contribution < -0.4 is 10.2 Å². The van der Waals surface area contributed by atoms with Crippen molar-refractivity contribution >= 4 is 23.1 Å². The zero-order valence-corrected chi connectivity index (χ0v) is 29.1. The Labute approximate surface area is 278 Å². The second-order valence-corrected chi connectivity index (χ2v) is 11.3. The summed E-state index contributed by atoms with van der Waals surface area (Å²) in [7, 11) is 3.92. The van der Waals surface area contributed by atoms with Gasteiger partial charge in [0, 0.05) is 30.9 Å². The van der Waals surface area contributed by atoms with Crippen LogP contribution in [0.25, 0.3) is 5.57 Å². The maximum atomic E-state index is 13.1. The topological polar surface area (TPSA) is 82.1 Å². The number of likely N-dealkylation sites (N-methyl/N-ethyl adjacent to an activating group) is 1. The van der Waals surface area contributed by atoms with Gasteiger partial charge in [-0.05, 0) is 69.6 Å². The molecular formula is C39H57N3O4. The van der Waals surface area contributed by atoms with Gasteiger partial charge in [0.25, 0.3) is 0 Å². The van der Waals surface area contributed by atoms with Gasteiger partial charge >= 0.3 is 5.97 Å². The number of carboxylic acid groups (broad SMARTS) is 1. The van der Waals surface area contributed by atoms with Crippen LogP contribution in [-0.4, -0.2) is 62.2 Å². The van der Waals surface area contributed by atoms with Crippen LogP contribution in [0.1, 0.15) is 87.7 Å². The minimum atomic E-state index is -1.01. The van der Waals surface area contributed by atoms with Crippen molar-refractivity contribution in [3.63, 3.8) is 0 Å². The first kappa shape index (κ1) is 39.9. The molecule has 2 N–H and O–H groups in total. The van der Waals surface area contributed by atoms with E-state index in [1.165, 1.54) is 6.42 Å². The maximum Gasteiger partial charge on any atom is 0.335 e. The van der Waals surface area contributed by atoms with E-state index in [0.29, 0.717) is 37.6 Å². The first-order chi connectivity index (χ1) is 22.1. The van der Waals surface area contributed by atoms with Crippen molar-refractivity contribution in [2.75, 3.05) is 45.2 Å². The normalized spacial score (nSPS) is 11.2. The fourth-order valence-electron chi connectivity index (χ4n) is 4.66. The van der Waals surface area contributed by atoms with E-state index >= 15 is 0 Å². The van der Waals surface area contributed by atoms with Crippen molar-refractivity contribution in [1.82, 2.24) is 10.2 Å². The van der Waals surface area contributed by atoms with E-state index in [0.717, 1.165) is 54.5 Å². The molecule has 0 fully saturated rings. The number of carbonyl (C=O) groups excluding carboxylic acids is 1. The molecule has 0 saturated heterocycles. The molecule has 0 bridgehead atoms. The Hall–Kier alpha value is -4.10. The van der Waals surface area contributed by atoms with Gasteiger partial charge < -0.3 is 25.0 Å². The van der Waals surface area contributed by atoms with Crippen LogP contribution in [0.2, 0.25) is 0 Å². The van der Waals surface area contributed by atoms with E-state index in [1.54, 1.807) is 12.1 Å². The number of unbranched alkanes of at least 4 members (excludes halogenated alkanes) is 3. The molecule has 0 aliphatic heterocycles. The summed E-state index contributed by atoms with van der Waals surface area (Å²) in [5.74, 6) is -0.567. The molecule has 2 aromatic rings. The molecule has 7 heteroatoms. The predicted octanol–water partition coefficient (Wildman–Crippen LogP) is 8.50. The number of nitrogens with zero attached hydrogens (tertiary/aromatic N) is 2. The Kier molecular flexibility index (Phi) is 20.2. The van der Waals surface area contributed by atoms with Gasteiger partial charge in [0.15, 0.2) is 0 Å². The Balaban J connectivity index is 0.00000518. The van der Waals surface area contributed by atoms with Gasteiger partial charge in [-0.25, -0.2) is 4.79 Å². The van der Waals surface area contributed by atoms with E-state index in [-0.39, 0.29) is 18.0 Å². The Morgan fingerprint density at radius 1 is 1.00 bits per heavy atom. The smallest absolute Gasteiger partial charge is 0.335 e. The second kappa shape index (κ2) is 23.3. The van der Waals surface area contributed by atoms with Crippen LogP contribution >= 0.6 is 0 Å². The minimum absolute atomic E-state index is 0.0839. The Morgan fingerprint density at radius 2 is 1.72 bits per heavy atom. The number of ether oxygens (including phenoxy) is 1. The molecule has 7 nitrogen and oxygen atoms in total. The van der Waals surface area contributed by atoms with Gasteiger partial charge in [-0.3, -0.25) is 4.79 Å². The van der Waals surface area contributed by atoms with Gasteiger partial charge in [-0.1, -0.05) is 107 Å². The molecular weight excluding hydrogens is 574 g/mol. The lowest BCUT2D eigenvalue weighted by molar-refractivity contribution is -0.119. The van der Waals surface area contributed by atoms with E-state index < -0.39 is 5.97 Å². The number of amides is 1. The molecule has 0 atom stereocenters. The summed E-state index contributed by atoms with van der Waals surface area (Å²) in [5.41, 5.74) is 4.84. The van der Waals surface area contributed by atoms with Crippen LogP contribution in [0, 0.1) is 0 Å². The van der Waals surface area contributed by atoms with Crippen LogP contribution in [-0.2, 0) is 16.1 Å². The SMILES string of the molecule is C=C(/C=C\C/C(=C\C)CN(CC(=O)NCCN(C)C)c1cc(C(=O)O)ccc1C(=C)CCCCCC)OCc1ccccc1.CC. The Morgan fingerprint density at radius 3 is 2.35 bits per heavy atom. The summed E-state index contributed by atoms with van der Waals surface area (Å²) in [6.45, 7) is 18.8. The lowest BCUT2D eigenvalue weighted by Gasteiger charge is -2.29. The summed E-state index contributed by atoms with van der Waals surface area (Å²) >= 11 is 0. The zero-order chi connectivity index (χ0) is 34.3. The van der Waals surface area contributed by atoms with Crippen LogP contribution in [0.15, 0.2) is 91.2 Å². The number of carbonyl (C=O) groups is 2. The summed E-state index contributed by atoms with van der Waals surface area (Å²) < 4.78 is 5.79. The van der Waals surface area contributed by atoms with E-state index in [4.69, 9.17) is 4.74 Å². The molecule has 0 heterocycles. The third kappa shape index (κ3) is 15.8. The second-order valence-electron chi connectivity index (χ2n) is 11.3. The number of carboxylic acids is 1. The molecule has 0 unspecified atom stereocenters. The van der Waals surface area contributed by atoms with Gasteiger partial charge in [-0.15, -0.1) is 0 Å². The monoisotopic (exact) mass is 631 g/mol. The maximum absolute atomic E-state index is 13.1. The third-order valence-corrected chi connectivity index (χ3v) is 7.27. The lowest BCUT2D eigenvalue weighted by atomic mass is 9.96. The minimum Gasteiger partial charge on any atom is -0.490 e. The molecule has 0 aromatic heterocycles. The molecule has 0 spiro atoms. The highest BCUT2D eigenvalue weighted by Gasteiger charge is 2.20.